The van der Waals surface area contributed by atoms with Gasteiger partial charge in [-0.2, -0.15) is 0 Å². The highest BCUT2D eigenvalue weighted by Gasteiger charge is 2.25. The molecular formula is C14H18I3N3O5. The van der Waals surface area contributed by atoms with E-state index in [0.717, 1.165) is 3.57 Å². The van der Waals surface area contributed by atoms with Crippen LogP contribution in [0.1, 0.15) is 17.3 Å². The van der Waals surface area contributed by atoms with Crippen LogP contribution in [0.25, 0.3) is 0 Å². The second-order valence-corrected chi connectivity index (χ2v) is 8.14. The Balaban J connectivity index is 3.38. The van der Waals surface area contributed by atoms with Crippen molar-refractivity contribution in [1.82, 2.24) is 5.32 Å². The van der Waals surface area contributed by atoms with E-state index < -0.39 is 18.6 Å². The third-order valence-electron chi connectivity index (χ3n) is 2.95. The number of ether oxygens (including phenoxy) is 1. The van der Waals surface area contributed by atoms with Crippen molar-refractivity contribution in [2.24, 2.45) is 0 Å². The first-order valence-electron chi connectivity index (χ1n) is 7.02. The summed E-state index contributed by atoms with van der Waals surface area (Å²) in [5, 5.41) is 26.7. The maximum Gasteiger partial charge on any atom is 0.253 e. The van der Waals surface area contributed by atoms with Gasteiger partial charge in [-0.15, -0.1) is 0 Å². The van der Waals surface area contributed by atoms with Gasteiger partial charge in [-0.3, -0.25) is 9.59 Å². The highest BCUT2D eigenvalue weighted by atomic mass is 127. The number of hydrogen-bond donors (Lipinski definition) is 5. The van der Waals surface area contributed by atoms with Gasteiger partial charge in [0.05, 0.1) is 40.4 Å². The minimum atomic E-state index is -1.04. The maximum absolute atomic E-state index is 12.6. The Bertz CT molecular complexity index is 657. The molecule has 0 bridgehead atoms. The van der Waals surface area contributed by atoms with Gasteiger partial charge in [0.2, 0.25) is 5.91 Å². The van der Waals surface area contributed by atoms with Crippen LogP contribution in [0, 0.1) is 10.7 Å². The highest BCUT2D eigenvalue weighted by Crippen LogP contribution is 2.38. The third kappa shape index (κ3) is 6.30. The zero-order valence-corrected chi connectivity index (χ0v) is 19.9. The topological polar surface area (TPSA) is 120 Å². The molecule has 1 atom stereocenters. The number of halogens is 3. The molecule has 1 rings (SSSR count). The summed E-state index contributed by atoms with van der Waals surface area (Å²) in [5.74, 6) is -0.665. The van der Waals surface area contributed by atoms with Crippen LogP contribution in [0.4, 0.5) is 11.4 Å². The van der Waals surface area contributed by atoms with Crippen LogP contribution < -0.4 is 16.0 Å². The van der Waals surface area contributed by atoms with E-state index in [1.54, 1.807) is 0 Å². The Kier molecular flexibility index (Phi) is 10.2. The van der Waals surface area contributed by atoms with Gasteiger partial charge < -0.3 is 30.9 Å². The molecule has 0 radical (unpaired) electrons. The van der Waals surface area contributed by atoms with E-state index in [9.17, 15) is 14.7 Å². The van der Waals surface area contributed by atoms with Gasteiger partial charge in [-0.05, 0) is 67.8 Å². The van der Waals surface area contributed by atoms with E-state index in [0.29, 0.717) is 24.1 Å². The van der Waals surface area contributed by atoms with E-state index in [1.807, 2.05) is 22.6 Å². The number of amides is 2. The minimum absolute atomic E-state index is 0.0796. The third-order valence-corrected chi connectivity index (χ3v) is 6.18. The van der Waals surface area contributed by atoms with E-state index in [-0.39, 0.29) is 19.2 Å². The van der Waals surface area contributed by atoms with Crippen LogP contribution in [-0.2, 0) is 9.53 Å². The van der Waals surface area contributed by atoms with Crippen LogP contribution in [-0.4, -0.2) is 55.1 Å². The molecule has 0 fully saturated rings. The molecule has 8 nitrogen and oxygen atoms in total. The fourth-order valence-corrected chi connectivity index (χ4v) is 6.12. The molecule has 1 unspecified atom stereocenters. The molecule has 1 aromatic carbocycles. The fraction of sp³-hybridized carbons (Fsp3) is 0.429. The summed E-state index contributed by atoms with van der Waals surface area (Å²) in [6.45, 7) is 1.10. The molecule has 11 heteroatoms. The largest absolute Gasteiger partial charge is 0.394 e. The van der Waals surface area contributed by atoms with E-state index >= 15 is 0 Å². The molecule has 0 aromatic heterocycles. The highest BCUT2D eigenvalue weighted by molar-refractivity contribution is 14.1. The lowest BCUT2D eigenvalue weighted by molar-refractivity contribution is -0.114. The molecule has 0 aliphatic heterocycles. The Hall–Kier alpha value is 0.0300. The summed E-state index contributed by atoms with van der Waals surface area (Å²) in [6.07, 6.45) is -1.04. The molecule has 1 aromatic rings. The van der Waals surface area contributed by atoms with E-state index in [1.165, 1.54) is 14.0 Å². The lowest BCUT2D eigenvalue weighted by Crippen LogP contribution is -2.35. The van der Waals surface area contributed by atoms with Crippen molar-refractivity contribution < 1.29 is 24.5 Å². The summed E-state index contributed by atoms with van der Waals surface area (Å²) in [4.78, 5) is 24.1. The van der Waals surface area contributed by atoms with Crippen molar-refractivity contribution in [3.63, 3.8) is 0 Å². The van der Waals surface area contributed by atoms with Crippen LogP contribution in [0.3, 0.4) is 0 Å². The van der Waals surface area contributed by atoms with Crippen LogP contribution in [0.2, 0.25) is 0 Å². The molecule has 5 N–H and O–H groups in total. The minimum Gasteiger partial charge on any atom is -0.394 e. The van der Waals surface area contributed by atoms with Crippen LogP contribution >= 0.6 is 67.8 Å². The summed E-state index contributed by atoms with van der Waals surface area (Å²) in [7, 11) is 1.54. The molecular weight excluding hydrogens is 671 g/mol. The number of rotatable bonds is 8. The van der Waals surface area contributed by atoms with Crippen molar-refractivity contribution >= 4 is 91.0 Å². The molecule has 0 spiro atoms. The van der Waals surface area contributed by atoms with Crippen molar-refractivity contribution in [2.75, 3.05) is 37.6 Å². The summed E-state index contributed by atoms with van der Waals surface area (Å²) < 4.78 is 7.03. The lowest BCUT2D eigenvalue weighted by atomic mass is 10.1. The standard InChI is InChI=1S/C14H18I3N3O5/c1-6(22)20-13-10(16)8(14(24)18-3-7(23)4-21)9(15)12(11(13)17)19-5-25-2/h7,19,21,23H,3-5H2,1-2H3,(H,18,24)(H,20,22). The number of aliphatic hydroxyl groups is 2. The summed E-state index contributed by atoms with van der Waals surface area (Å²) >= 11 is 6.15. The number of methoxy groups -OCH3 is 1. The zero-order chi connectivity index (χ0) is 19.1. The zero-order valence-electron chi connectivity index (χ0n) is 13.5. The Morgan fingerprint density at radius 1 is 1.16 bits per heavy atom. The molecule has 0 aliphatic carbocycles. The monoisotopic (exact) mass is 689 g/mol. The first kappa shape index (κ1) is 23.1. The number of carbonyl (C=O) groups excluding carboxylic acids is 2. The molecule has 2 amide bonds. The molecule has 0 heterocycles. The van der Waals surface area contributed by atoms with Crippen molar-refractivity contribution in [2.45, 2.75) is 13.0 Å². The predicted octanol–water partition coefficient (Wildman–Crippen LogP) is 1.56. The molecule has 140 valence electrons. The van der Waals surface area contributed by atoms with Crippen LogP contribution in [0.15, 0.2) is 0 Å². The molecule has 0 saturated carbocycles. The Labute approximate surface area is 186 Å². The van der Waals surface area contributed by atoms with Gasteiger partial charge in [0.15, 0.2) is 0 Å². The lowest BCUT2D eigenvalue weighted by Gasteiger charge is -2.20. The van der Waals surface area contributed by atoms with Crippen LogP contribution in [0.5, 0.6) is 0 Å². The smallest absolute Gasteiger partial charge is 0.253 e. The average Bonchev–Trinajstić information content (AvgIpc) is 2.56. The predicted molar refractivity (Wildman–Crippen MR) is 120 cm³/mol. The Morgan fingerprint density at radius 3 is 2.28 bits per heavy atom. The number of nitrogens with one attached hydrogen (secondary N) is 3. The first-order chi connectivity index (χ1) is 11.7. The molecule has 25 heavy (non-hydrogen) atoms. The van der Waals surface area contributed by atoms with Gasteiger partial charge in [-0.25, -0.2) is 0 Å². The van der Waals surface area contributed by atoms with Gasteiger partial charge in [-0.1, -0.05) is 0 Å². The number of hydrogen-bond acceptors (Lipinski definition) is 6. The maximum atomic E-state index is 12.6. The van der Waals surface area contributed by atoms with Gasteiger partial charge in [0.25, 0.3) is 5.91 Å². The number of carbonyl (C=O) groups is 2. The quantitative estimate of drug-likeness (QED) is 0.209. The number of aliphatic hydroxyl groups excluding tert-OH is 2. The molecule has 0 aliphatic rings. The normalized spacial score (nSPS) is 11.8. The van der Waals surface area contributed by atoms with Gasteiger partial charge >= 0.3 is 0 Å². The first-order valence-corrected chi connectivity index (χ1v) is 10.3. The van der Waals surface area contributed by atoms with Crippen molar-refractivity contribution in [1.29, 1.82) is 0 Å². The average molecular weight is 689 g/mol. The SMILES string of the molecule is COCNc1c(I)c(NC(C)=O)c(I)c(C(=O)NCC(O)CO)c1I. The van der Waals surface area contributed by atoms with Gasteiger partial charge in [0, 0.05) is 20.6 Å². The van der Waals surface area contributed by atoms with Crippen molar-refractivity contribution in [3.05, 3.63) is 16.3 Å². The second kappa shape index (κ2) is 11.0. The summed E-state index contributed by atoms with van der Waals surface area (Å²) in [6, 6.07) is 0. The number of benzene rings is 1. The van der Waals surface area contributed by atoms with Crippen molar-refractivity contribution in [3.8, 4) is 0 Å². The number of anilines is 2. The van der Waals surface area contributed by atoms with E-state index in [4.69, 9.17) is 9.84 Å². The molecule has 0 saturated heterocycles. The van der Waals surface area contributed by atoms with Gasteiger partial charge in [0.1, 0.15) is 6.73 Å². The Morgan fingerprint density at radius 2 is 1.76 bits per heavy atom. The van der Waals surface area contributed by atoms with E-state index in [2.05, 4.69) is 61.1 Å². The fourth-order valence-electron chi connectivity index (χ4n) is 1.81. The second-order valence-electron chi connectivity index (χ2n) is 4.90. The summed E-state index contributed by atoms with van der Waals surface area (Å²) in [5.41, 5.74) is 1.56.